The topological polar surface area (TPSA) is 21.1 Å². The highest BCUT2D eigenvalue weighted by Gasteiger charge is 2.28. The molecule has 3 nitrogen and oxygen atoms in total. The van der Waals surface area contributed by atoms with E-state index in [0.717, 1.165) is 6.42 Å². The van der Waals surface area contributed by atoms with Crippen LogP contribution >= 0.6 is 0 Å². The van der Waals surface area contributed by atoms with Crippen molar-refractivity contribution in [1.82, 2.24) is 14.5 Å². The molecule has 1 fully saturated rings. The molecule has 2 unspecified atom stereocenters. The molecule has 0 saturated carbocycles. The molecule has 106 valence electrons. The van der Waals surface area contributed by atoms with E-state index in [1.807, 2.05) is 0 Å². The van der Waals surface area contributed by atoms with Gasteiger partial charge < -0.3 is 4.57 Å². The van der Waals surface area contributed by atoms with E-state index in [1.165, 1.54) is 50.2 Å². The Balaban J connectivity index is 1.73. The van der Waals surface area contributed by atoms with Crippen molar-refractivity contribution in [2.45, 2.75) is 77.4 Å². The van der Waals surface area contributed by atoms with E-state index < -0.39 is 0 Å². The number of hydrogen-bond acceptors (Lipinski definition) is 2. The summed E-state index contributed by atoms with van der Waals surface area (Å²) < 4.78 is 2.42. The lowest BCUT2D eigenvalue weighted by Gasteiger charge is -2.27. The summed E-state index contributed by atoms with van der Waals surface area (Å²) in [6.45, 7) is 8.23. The summed E-state index contributed by atoms with van der Waals surface area (Å²) in [4.78, 5) is 7.55. The minimum Gasteiger partial charge on any atom is -0.332 e. The molecule has 0 spiro atoms. The first-order valence-electron chi connectivity index (χ1n) is 7.97. The van der Waals surface area contributed by atoms with Crippen LogP contribution in [0, 0.1) is 0 Å². The standard InChI is InChI=1S/C16H27N3/c1-12(2)18-9-5-7-15(18)10-14-11-19-13(3)6-4-8-16(19)17-14/h11-13,15H,4-10H2,1-3H3. The molecule has 0 N–H and O–H groups in total. The third-order valence-electron chi connectivity index (χ3n) is 4.89. The highest BCUT2D eigenvalue weighted by Crippen LogP contribution is 2.27. The highest BCUT2D eigenvalue weighted by molar-refractivity contribution is 5.10. The molecule has 3 heterocycles. The third kappa shape index (κ3) is 2.58. The largest absolute Gasteiger partial charge is 0.332 e. The SMILES string of the molecule is CC(C)N1CCCC1Cc1cn2c(n1)CCCC2C. The van der Waals surface area contributed by atoms with Crippen LogP contribution in [0.2, 0.25) is 0 Å². The molecular weight excluding hydrogens is 234 g/mol. The molecule has 3 heteroatoms. The number of nitrogens with zero attached hydrogens (tertiary/aromatic N) is 3. The molecule has 2 aliphatic heterocycles. The molecule has 2 aliphatic rings. The lowest BCUT2D eigenvalue weighted by molar-refractivity contribution is 0.202. The number of aromatic nitrogens is 2. The van der Waals surface area contributed by atoms with Crippen molar-refractivity contribution in [3.8, 4) is 0 Å². The Morgan fingerprint density at radius 3 is 2.89 bits per heavy atom. The van der Waals surface area contributed by atoms with Gasteiger partial charge in [-0.05, 0) is 53.0 Å². The van der Waals surface area contributed by atoms with Gasteiger partial charge in [0.05, 0.1) is 5.69 Å². The van der Waals surface area contributed by atoms with E-state index in [1.54, 1.807) is 0 Å². The average Bonchev–Trinajstić information content (AvgIpc) is 2.96. The van der Waals surface area contributed by atoms with E-state index in [2.05, 4.69) is 36.4 Å². The first kappa shape index (κ1) is 13.2. The molecule has 1 aromatic rings. The van der Waals surface area contributed by atoms with Gasteiger partial charge in [-0.3, -0.25) is 4.90 Å². The van der Waals surface area contributed by atoms with Gasteiger partial charge in [-0.25, -0.2) is 4.98 Å². The Bertz CT molecular complexity index is 435. The predicted molar refractivity (Wildman–Crippen MR) is 78.4 cm³/mol. The van der Waals surface area contributed by atoms with Crippen LogP contribution in [0.1, 0.15) is 64.0 Å². The van der Waals surface area contributed by atoms with Crippen LogP contribution in [0.25, 0.3) is 0 Å². The zero-order valence-electron chi connectivity index (χ0n) is 12.6. The maximum Gasteiger partial charge on any atom is 0.109 e. The van der Waals surface area contributed by atoms with Crippen molar-refractivity contribution in [1.29, 1.82) is 0 Å². The van der Waals surface area contributed by atoms with Crippen molar-refractivity contribution in [3.05, 3.63) is 17.7 Å². The molecular formula is C16H27N3. The molecule has 0 radical (unpaired) electrons. The van der Waals surface area contributed by atoms with Gasteiger partial charge in [0.1, 0.15) is 5.82 Å². The van der Waals surface area contributed by atoms with Gasteiger partial charge >= 0.3 is 0 Å². The van der Waals surface area contributed by atoms with E-state index in [0.29, 0.717) is 18.1 Å². The molecule has 3 rings (SSSR count). The molecule has 0 aromatic carbocycles. The normalized spacial score (nSPS) is 28.0. The number of aryl methyl sites for hydroxylation is 1. The lowest BCUT2D eigenvalue weighted by atomic mass is 10.1. The summed E-state index contributed by atoms with van der Waals surface area (Å²) in [7, 11) is 0. The first-order valence-corrected chi connectivity index (χ1v) is 7.97. The minimum atomic E-state index is 0.648. The van der Waals surface area contributed by atoms with Gasteiger partial charge in [-0.2, -0.15) is 0 Å². The maximum absolute atomic E-state index is 4.89. The molecule has 0 bridgehead atoms. The van der Waals surface area contributed by atoms with E-state index in [9.17, 15) is 0 Å². The minimum absolute atomic E-state index is 0.648. The summed E-state index contributed by atoms with van der Waals surface area (Å²) in [6.07, 6.45) is 9.95. The van der Waals surface area contributed by atoms with Crippen molar-refractivity contribution in [2.75, 3.05) is 6.54 Å². The molecule has 2 atom stereocenters. The zero-order chi connectivity index (χ0) is 13.4. The zero-order valence-corrected chi connectivity index (χ0v) is 12.6. The smallest absolute Gasteiger partial charge is 0.109 e. The maximum atomic E-state index is 4.89. The van der Waals surface area contributed by atoms with Crippen LogP contribution in [-0.2, 0) is 12.8 Å². The Labute approximate surface area is 117 Å². The van der Waals surface area contributed by atoms with Crippen LogP contribution in [0.5, 0.6) is 0 Å². The van der Waals surface area contributed by atoms with Gasteiger partial charge in [0, 0.05) is 37.2 Å². The van der Waals surface area contributed by atoms with Crippen LogP contribution in [-0.4, -0.2) is 33.1 Å². The molecule has 0 aliphatic carbocycles. The second-order valence-corrected chi connectivity index (χ2v) is 6.63. The summed E-state index contributed by atoms with van der Waals surface area (Å²) in [6, 6.07) is 2.03. The number of imidazole rings is 1. The summed E-state index contributed by atoms with van der Waals surface area (Å²) in [5.74, 6) is 1.32. The average molecular weight is 261 g/mol. The highest BCUT2D eigenvalue weighted by atomic mass is 15.2. The monoisotopic (exact) mass is 261 g/mol. The van der Waals surface area contributed by atoms with Gasteiger partial charge in [0.25, 0.3) is 0 Å². The van der Waals surface area contributed by atoms with Gasteiger partial charge in [-0.1, -0.05) is 0 Å². The fourth-order valence-electron chi connectivity index (χ4n) is 3.85. The third-order valence-corrected chi connectivity index (χ3v) is 4.89. The molecule has 19 heavy (non-hydrogen) atoms. The second kappa shape index (κ2) is 5.28. The van der Waals surface area contributed by atoms with Crippen LogP contribution < -0.4 is 0 Å². The molecule has 1 saturated heterocycles. The van der Waals surface area contributed by atoms with Gasteiger partial charge in [0.2, 0.25) is 0 Å². The van der Waals surface area contributed by atoms with Crippen LogP contribution in [0.15, 0.2) is 6.20 Å². The number of rotatable bonds is 3. The van der Waals surface area contributed by atoms with Gasteiger partial charge in [0.15, 0.2) is 0 Å². The van der Waals surface area contributed by atoms with Gasteiger partial charge in [-0.15, -0.1) is 0 Å². The number of likely N-dealkylation sites (tertiary alicyclic amines) is 1. The van der Waals surface area contributed by atoms with E-state index >= 15 is 0 Å². The van der Waals surface area contributed by atoms with Crippen LogP contribution in [0.4, 0.5) is 0 Å². The lowest BCUT2D eigenvalue weighted by Crippen LogP contribution is -2.36. The van der Waals surface area contributed by atoms with E-state index in [-0.39, 0.29) is 0 Å². The Hall–Kier alpha value is -0.830. The molecule has 0 amide bonds. The first-order chi connectivity index (χ1) is 9.15. The fraction of sp³-hybridized carbons (Fsp3) is 0.812. The van der Waals surface area contributed by atoms with Crippen molar-refractivity contribution >= 4 is 0 Å². The second-order valence-electron chi connectivity index (χ2n) is 6.63. The Morgan fingerprint density at radius 1 is 1.32 bits per heavy atom. The summed E-state index contributed by atoms with van der Waals surface area (Å²) >= 11 is 0. The Kier molecular flexibility index (Phi) is 3.66. The number of hydrogen-bond donors (Lipinski definition) is 0. The fourth-order valence-corrected chi connectivity index (χ4v) is 3.85. The summed E-state index contributed by atoms with van der Waals surface area (Å²) in [5, 5.41) is 0. The van der Waals surface area contributed by atoms with Crippen molar-refractivity contribution in [3.63, 3.8) is 0 Å². The Morgan fingerprint density at radius 2 is 2.16 bits per heavy atom. The predicted octanol–water partition coefficient (Wildman–Crippen LogP) is 3.20. The van der Waals surface area contributed by atoms with Crippen LogP contribution in [0.3, 0.4) is 0 Å². The quantitative estimate of drug-likeness (QED) is 0.833. The number of fused-ring (bicyclic) bond motifs is 1. The van der Waals surface area contributed by atoms with E-state index in [4.69, 9.17) is 4.98 Å². The van der Waals surface area contributed by atoms with Crippen molar-refractivity contribution in [2.24, 2.45) is 0 Å². The van der Waals surface area contributed by atoms with Crippen molar-refractivity contribution < 1.29 is 0 Å². The summed E-state index contributed by atoms with van der Waals surface area (Å²) in [5.41, 5.74) is 1.32. The molecule has 1 aromatic heterocycles.